The Hall–Kier alpha value is -2.19. The number of ether oxygens (including phenoxy) is 1. The zero-order valence-electron chi connectivity index (χ0n) is 15.4. The third-order valence-electron chi connectivity index (χ3n) is 4.82. The molecular formula is C19H21NO5S2. The maximum absolute atomic E-state index is 13.0. The summed E-state index contributed by atoms with van der Waals surface area (Å²) in [4.78, 5) is 25.5. The highest BCUT2D eigenvalue weighted by Gasteiger charge is 2.61. The van der Waals surface area contributed by atoms with E-state index in [1.165, 1.54) is 12.1 Å². The van der Waals surface area contributed by atoms with Crippen LogP contribution in [0.4, 0.5) is 5.00 Å². The minimum Gasteiger partial charge on any atom is -0.462 e. The first kappa shape index (κ1) is 19.6. The lowest BCUT2D eigenvalue weighted by Gasteiger charge is -2.16. The van der Waals surface area contributed by atoms with Crippen molar-refractivity contribution < 1.29 is 22.7 Å². The molecule has 0 bridgehead atoms. The number of hydrogen-bond acceptors (Lipinski definition) is 6. The average Bonchev–Trinajstić information content (AvgIpc) is 3.42. The first-order chi connectivity index (χ1) is 12.7. The third-order valence-corrected chi connectivity index (χ3v) is 8.63. The van der Waals surface area contributed by atoms with Crippen LogP contribution >= 0.6 is 11.3 Å². The van der Waals surface area contributed by atoms with Gasteiger partial charge in [0, 0.05) is 0 Å². The molecule has 1 aliphatic carbocycles. The summed E-state index contributed by atoms with van der Waals surface area (Å²) < 4.78 is 29.5. The first-order valence-electron chi connectivity index (χ1n) is 8.63. The van der Waals surface area contributed by atoms with Crippen molar-refractivity contribution in [1.82, 2.24) is 0 Å². The van der Waals surface area contributed by atoms with Gasteiger partial charge in [-0.3, -0.25) is 4.79 Å². The van der Waals surface area contributed by atoms with E-state index in [-0.39, 0.29) is 24.3 Å². The van der Waals surface area contributed by atoms with Gasteiger partial charge in [-0.15, -0.1) is 11.3 Å². The number of amides is 1. The highest BCUT2D eigenvalue weighted by molar-refractivity contribution is 7.94. The molecule has 1 fully saturated rings. The van der Waals surface area contributed by atoms with E-state index in [1.807, 2.05) is 0 Å². The van der Waals surface area contributed by atoms with Crippen molar-refractivity contribution in [2.75, 3.05) is 11.9 Å². The quantitative estimate of drug-likeness (QED) is 0.741. The van der Waals surface area contributed by atoms with Crippen LogP contribution in [0.15, 0.2) is 35.2 Å². The molecule has 0 atom stereocenters. The summed E-state index contributed by atoms with van der Waals surface area (Å²) in [6.45, 7) is 5.55. The normalized spacial score (nSPS) is 15.2. The maximum atomic E-state index is 13.0. The summed E-state index contributed by atoms with van der Waals surface area (Å²) >= 11 is 1.11. The molecule has 0 aliphatic heterocycles. The lowest BCUT2D eigenvalue weighted by Crippen LogP contribution is -2.37. The van der Waals surface area contributed by atoms with E-state index in [1.54, 1.807) is 39.0 Å². The van der Waals surface area contributed by atoms with E-state index in [0.717, 1.165) is 22.5 Å². The average molecular weight is 408 g/mol. The number of hydrogen-bond donors (Lipinski definition) is 1. The van der Waals surface area contributed by atoms with Crippen LogP contribution in [0.3, 0.4) is 0 Å². The van der Waals surface area contributed by atoms with Gasteiger partial charge in [0.2, 0.25) is 5.91 Å². The van der Waals surface area contributed by atoms with Crippen LogP contribution in [-0.2, 0) is 19.4 Å². The van der Waals surface area contributed by atoms with Gasteiger partial charge in [-0.05, 0) is 56.9 Å². The number of anilines is 1. The largest absolute Gasteiger partial charge is 0.462 e. The Labute approximate surface area is 162 Å². The fourth-order valence-electron chi connectivity index (χ4n) is 2.88. The van der Waals surface area contributed by atoms with Crippen molar-refractivity contribution in [3.8, 4) is 0 Å². The Balaban J connectivity index is 1.88. The number of esters is 1. The lowest BCUT2D eigenvalue weighted by atomic mass is 10.2. The molecule has 1 amide bonds. The van der Waals surface area contributed by atoms with Crippen molar-refractivity contribution >= 4 is 38.1 Å². The van der Waals surface area contributed by atoms with Gasteiger partial charge in [-0.25, -0.2) is 13.2 Å². The number of rotatable bonds is 6. The number of benzene rings is 1. The molecule has 0 spiro atoms. The molecule has 8 heteroatoms. The molecule has 0 saturated heterocycles. The van der Waals surface area contributed by atoms with Crippen molar-refractivity contribution in [3.63, 3.8) is 0 Å². The lowest BCUT2D eigenvalue weighted by molar-refractivity contribution is -0.116. The van der Waals surface area contributed by atoms with Crippen molar-refractivity contribution in [2.45, 2.75) is 43.3 Å². The van der Waals surface area contributed by atoms with Crippen LogP contribution in [-0.4, -0.2) is 31.6 Å². The Morgan fingerprint density at radius 1 is 1.15 bits per heavy atom. The second-order valence-electron chi connectivity index (χ2n) is 6.50. The monoisotopic (exact) mass is 407 g/mol. The van der Waals surface area contributed by atoms with Crippen LogP contribution in [0.25, 0.3) is 0 Å². The topological polar surface area (TPSA) is 89.5 Å². The number of thiophene rings is 1. The molecule has 144 valence electrons. The molecule has 1 aliphatic rings. The first-order valence-corrected chi connectivity index (χ1v) is 10.9. The smallest absolute Gasteiger partial charge is 0.348 e. The zero-order chi connectivity index (χ0) is 19.8. The summed E-state index contributed by atoms with van der Waals surface area (Å²) in [7, 11) is -3.79. The molecule has 1 N–H and O–H groups in total. The number of carbonyl (C=O) groups is 2. The fraction of sp³-hybridized carbons (Fsp3) is 0.368. The predicted molar refractivity (Wildman–Crippen MR) is 104 cm³/mol. The summed E-state index contributed by atoms with van der Waals surface area (Å²) in [6, 6.07) is 8.01. The standard InChI is InChI=1S/C19H21NO5S2/c1-4-25-17(21)15-12(2)13(3)16(26-15)20-18(22)19(10-11-19)27(23,24)14-8-6-5-7-9-14/h5-9H,4,10-11H2,1-3H3,(H,20,22). The fourth-order valence-corrected chi connectivity index (χ4v) is 5.88. The van der Waals surface area contributed by atoms with Crippen molar-refractivity contribution in [3.05, 3.63) is 46.3 Å². The van der Waals surface area contributed by atoms with Crippen LogP contribution in [0, 0.1) is 13.8 Å². The Morgan fingerprint density at radius 3 is 2.33 bits per heavy atom. The molecule has 0 unspecified atom stereocenters. The highest BCUT2D eigenvalue weighted by atomic mass is 32.2. The molecule has 6 nitrogen and oxygen atoms in total. The number of carbonyl (C=O) groups excluding carboxylic acids is 2. The minimum absolute atomic E-state index is 0.143. The van der Waals surface area contributed by atoms with E-state index in [4.69, 9.17) is 4.74 Å². The zero-order valence-corrected chi connectivity index (χ0v) is 17.0. The Kier molecular flexibility index (Phi) is 5.14. The summed E-state index contributed by atoms with van der Waals surface area (Å²) in [5.41, 5.74) is 1.47. The van der Waals surface area contributed by atoms with Gasteiger partial charge < -0.3 is 10.1 Å². The SMILES string of the molecule is CCOC(=O)c1sc(NC(=O)C2(S(=O)(=O)c3ccccc3)CC2)c(C)c1C. The van der Waals surface area contributed by atoms with Gasteiger partial charge >= 0.3 is 5.97 Å². The minimum atomic E-state index is -3.79. The van der Waals surface area contributed by atoms with Gasteiger partial charge in [0.25, 0.3) is 0 Å². The van der Waals surface area contributed by atoms with Crippen molar-refractivity contribution in [2.24, 2.45) is 0 Å². The van der Waals surface area contributed by atoms with E-state index in [2.05, 4.69) is 5.32 Å². The van der Waals surface area contributed by atoms with Gasteiger partial charge in [0.05, 0.1) is 16.5 Å². The van der Waals surface area contributed by atoms with Crippen molar-refractivity contribution in [1.29, 1.82) is 0 Å². The number of nitrogens with one attached hydrogen (secondary N) is 1. The van der Waals surface area contributed by atoms with Gasteiger partial charge in [0.1, 0.15) is 4.88 Å². The summed E-state index contributed by atoms with van der Waals surface area (Å²) in [5.74, 6) is -0.993. The third kappa shape index (κ3) is 3.27. The second-order valence-corrected chi connectivity index (χ2v) is 9.78. The van der Waals surface area contributed by atoms with E-state index < -0.39 is 26.5 Å². The van der Waals surface area contributed by atoms with Crippen LogP contribution in [0.2, 0.25) is 0 Å². The predicted octanol–water partition coefficient (Wildman–Crippen LogP) is 3.49. The molecule has 1 saturated carbocycles. The summed E-state index contributed by atoms with van der Waals surface area (Å²) in [6.07, 6.45) is 0.564. The van der Waals surface area contributed by atoms with Crippen LogP contribution in [0.5, 0.6) is 0 Å². The highest BCUT2D eigenvalue weighted by Crippen LogP contribution is 2.48. The Bertz CT molecular complexity index is 989. The molecule has 0 radical (unpaired) electrons. The molecule has 3 rings (SSSR count). The molecule has 27 heavy (non-hydrogen) atoms. The molecule has 1 aromatic heterocycles. The van der Waals surface area contributed by atoms with Crippen LogP contribution < -0.4 is 5.32 Å². The second kappa shape index (κ2) is 7.09. The summed E-state index contributed by atoms with van der Waals surface area (Å²) in [5, 5.41) is 3.22. The van der Waals surface area contributed by atoms with Gasteiger partial charge in [0.15, 0.2) is 14.6 Å². The molecule has 2 aromatic rings. The molecular weight excluding hydrogens is 386 g/mol. The van der Waals surface area contributed by atoms with E-state index >= 15 is 0 Å². The van der Waals surface area contributed by atoms with E-state index in [0.29, 0.717) is 9.88 Å². The molecule has 1 aromatic carbocycles. The Morgan fingerprint density at radius 2 is 1.78 bits per heavy atom. The number of sulfone groups is 1. The van der Waals surface area contributed by atoms with E-state index in [9.17, 15) is 18.0 Å². The maximum Gasteiger partial charge on any atom is 0.348 e. The molecule has 1 heterocycles. The van der Waals surface area contributed by atoms with Crippen LogP contribution in [0.1, 0.15) is 40.6 Å². The van der Waals surface area contributed by atoms with Gasteiger partial charge in [-0.1, -0.05) is 18.2 Å². The van der Waals surface area contributed by atoms with Gasteiger partial charge in [-0.2, -0.15) is 0 Å².